The lowest BCUT2D eigenvalue weighted by Gasteiger charge is -2.37. The number of para-hydroxylation sites is 2. The van der Waals surface area contributed by atoms with E-state index in [0.717, 1.165) is 38.3 Å². The zero-order valence-corrected chi connectivity index (χ0v) is 10.8. The Morgan fingerprint density at radius 1 is 1.16 bits per heavy atom. The van der Waals surface area contributed by atoms with Gasteiger partial charge in [0.1, 0.15) is 11.8 Å². The number of phenols is 1. The maximum atomic E-state index is 11.6. The second kappa shape index (κ2) is 5.09. The molecule has 2 aliphatic rings. The van der Waals surface area contributed by atoms with Crippen LogP contribution in [-0.4, -0.2) is 54.8 Å². The van der Waals surface area contributed by atoms with Gasteiger partial charge in [0.05, 0.1) is 12.3 Å². The van der Waals surface area contributed by atoms with E-state index in [4.69, 9.17) is 4.74 Å². The largest absolute Gasteiger partial charge is 0.506 e. The molecule has 0 aromatic heterocycles. The Bertz CT molecular complexity index is 470. The molecule has 1 unspecified atom stereocenters. The Morgan fingerprint density at radius 3 is 2.53 bits per heavy atom. The summed E-state index contributed by atoms with van der Waals surface area (Å²) in [6.45, 7) is 3.84. The minimum Gasteiger partial charge on any atom is -0.506 e. The predicted octanol–water partition coefficient (Wildman–Crippen LogP) is 0.830. The first kappa shape index (κ1) is 12.3. The van der Waals surface area contributed by atoms with Crippen LogP contribution in [0.15, 0.2) is 24.3 Å². The topological polar surface area (TPSA) is 53.0 Å². The number of carbonyl (C=O) groups excluding carboxylic acids is 1. The van der Waals surface area contributed by atoms with Gasteiger partial charge in [0, 0.05) is 32.6 Å². The number of ether oxygens (including phenoxy) is 1. The molecule has 1 atom stereocenters. The molecule has 5 nitrogen and oxygen atoms in total. The molecule has 2 saturated heterocycles. The lowest BCUT2D eigenvalue weighted by molar-refractivity contribution is -0.142. The van der Waals surface area contributed by atoms with E-state index in [-0.39, 0.29) is 12.0 Å². The van der Waals surface area contributed by atoms with Crippen LogP contribution in [0.3, 0.4) is 0 Å². The Balaban J connectivity index is 1.63. The highest BCUT2D eigenvalue weighted by Gasteiger charge is 2.34. The van der Waals surface area contributed by atoms with Crippen molar-refractivity contribution in [2.45, 2.75) is 12.5 Å². The Labute approximate surface area is 112 Å². The monoisotopic (exact) mass is 262 g/mol. The summed E-state index contributed by atoms with van der Waals surface area (Å²) in [5.74, 6) is 0.229. The minimum absolute atomic E-state index is 0.0634. The van der Waals surface area contributed by atoms with Crippen LogP contribution in [0.1, 0.15) is 6.42 Å². The Morgan fingerprint density at radius 2 is 1.89 bits per heavy atom. The van der Waals surface area contributed by atoms with Crippen molar-refractivity contribution in [1.82, 2.24) is 4.90 Å². The fraction of sp³-hybridized carbons (Fsp3) is 0.500. The van der Waals surface area contributed by atoms with Crippen LogP contribution in [-0.2, 0) is 9.53 Å². The van der Waals surface area contributed by atoms with Crippen molar-refractivity contribution in [2.75, 3.05) is 37.7 Å². The molecule has 0 saturated carbocycles. The van der Waals surface area contributed by atoms with Gasteiger partial charge in [0.25, 0.3) is 0 Å². The number of benzene rings is 1. The molecule has 0 aliphatic carbocycles. The van der Waals surface area contributed by atoms with Gasteiger partial charge in [-0.2, -0.15) is 0 Å². The molecule has 19 heavy (non-hydrogen) atoms. The molecule has 1 aromatic rings. The van der Waals surface area contributed by atoms with E-state index in [9.17, 15) is 9.90 Å². The standard InChI is InChI=1S/C14H18N2O3/c17-13-4-2-1-3-11(13)15-6-8-16(9-7-15)12-5-10-19-14(12)18/h1-4,12,17H,5-10H2. The molecule has 102 valence electrons. The van der Waals surface area contributed by atoms with Crippen molar-refractivity contribution in [3.05, 3.63) is 24.3 Å². The van der Waals surface area contributed by atoms with Crippen LogP contribution >= 0.6 is 0 Å². The highest BCUT2D eigenvalue weighted by atomic mass is 16.5. The average Bonchev–Trinajstić information content (AvgIpc) is 2.86. The van der Waals surface area contributed by atoms with Crippen LogP contribution in [0.4, 0.5) is 5.69 Å². The van der Waals surface area contributed by atoms with Gasteiger partial charge in [-0.25, -0.2) is 0 Å². The third-order valence-corrected chi connectivity index (χ3v) is 3.89. The smallest absolute Gasteiger partial charge is 0.323 e. The van der Waals surface area contributed by atoms with E-state index in [0.29, 0.717) is 12.4 Å². The zero-order valence-electron chi connectivity index (χ0n) is 10.8. The normalized spacial score (nSPS) is 24.5. The number of cyclic esters (lactones) is 1. The number of piperazine rings is 1. The third kappa shape index (κ3) is 2.38. The third-order valence-electron chi connectivity index (χ3n) is 3.89. The van der Waals surface area contributed by atoms with Crippen LogP contribution in [0.25, 0.3) is 0 Å². The van der Waals surface area contributed by atoms with Gasteiger partial charge in [-0.3, -0.25) is 9.69 Å². The van der Waals surface area contributed by atoms with Gasteiger partial charge < -0.3 is 14.7 Å². The summed E-state index contributed by atoms with van der Waals surface area (Å²) in [5, 5.41) is 9.85. The number of aromatic hydroxyl groups is 1. The minimum atomic E-state index is -0.0870. The summed E-state index contributed by atoms with van der Waals surface area (Å²) in [6.07, 6.45) is 0.801. The number of esters is 1. The molecule has 0 amide bonds. The summed E-state index contributed by atoms with van der Waals surface area (Å²) >= 11 is 0. The molecular formula is C14H18N2O3. The van der Waals surface area contributed by atoms with E-state index in [1.807, 2.05) is 18.2 Å². The number of rotatable bonds is 2. The summed E-state index contributed by atoms with van der Waals surface area (Å²) < 4.78 is 5.02. The number of hydrogen-bond donors (Lipinski definition) is 1. The number of phenolic OH excluding ortho intramolecular Hbond substituents is 1. The van der Waals surface area contributed by atoms with Crippen molar-refractivity contribution in [3.8, 4) is 5.75 Å². The second-order valence-corrected chi connectivity index (χ2v) is 4.98. The van der Waals surface area contributed by atoms with Gasteiger partial charge >= 0.3 is 5.97 Å². The number of hydrogen-bond acceptors (Lipinski definition) is 5. The van der Waals surface area contributed by atoms with Gasteiger partial charge in [-0.05, 0) is 12.1 Å². The fourth-order valence-electron chi connectivity index (χ4n) is 2.82. The summed E-state index contributed by atoms with van der Waals surface area (Å²) in [4.78, 5) is 15.9. The van der Waals surface area contributed by atoms with E-state index in [1.165, 1.54) is 0 Å². The van der Waals surface area contributed by atoms with Crippen molar-refractivity contribution in [1.29, 1.82) is 0 Å². The van der Waals surface area contributed by atoms with Crippen molar-refractivity contribution in [3.63, 3.8) is 0 Å². The number of nitrogens with zero attached hydrogens (tertiary/aromatic N) is 2. The molecule has 2 aliphatic heterocycles. The highest BCUT2D eigenvalue weighted by Crippen LogP contribution is 2.28. The molecular weight excluding hydrogens is 244 g/mol. The molecule has 5 heteroatoms. The quantitative estimate of drug-likeness (QED) is 0.800. The van der Waals surface area contributed by atoms with Crippen molar-refractivity contribution < 1.29 is 14.6 Å². The lowest BCUT2D eigenvalue weighted by atomic mass is 10.1. The summed E-state index contributed by atoms with van der Waals surface area (Å²) in [5.41, 5.74) is 0.871. The lowest BCUT2D eigenvalue weighted by Crippen LogP contribution is -2.51. The van der Waals surface area contributed by atoms with Crippen molar-refractivity contribution >= 4 is 11.7 Å². The molecule has 2 heterocycles. The zero-order chi connectivity index (χ0) is 13.2. The molecule has 0 radical (unpaired) electrons. The molecule has 0 spiro atoms. The molecule has 0 bridgehead atoms. The number of carbonyl (C=O) groups is 1. The maximum absolute atomic E-state index is 11.6. The molecule has 2 fully saturated rings. The van der Waals surface area contributed by atoms with Crippen LogP contribution in [0.2, 0.25) is 0 Å². The van der Waals surface area contributed by atoms with Crippen molar-refractivity contribution in [2.24, 2.45) is 0 Å². The summed E-state index contributed by atoms with van der Waals surface area (Å²) in [6, 6.07) is 7.32. The van der Waals surface area contributed by atoms with Gasteiger partial charge in [-0.15, -0.1) is 0 Å². The predicted molar refractivity (Wildman–Crippen MR) is 71.3 cm³/mol. The SMILES string of the molecule is O=C1OCCC1N1CCN(c2ccccc2O)CC1. The molecule has 1 N–H and O–H groups in total. The van der Waals surface area contributed by atoms with E-state index in [1.54, 1.807) is 6.07 Å². The Hall–Kier alpha value is -1.75. The first-order valence-electron chi connectivity index (χ1n) is 6.69. The number of anilines is 1. The molecule has 1 aromatic carbocycles. The van der Waals surface area contributed by atoms with E-state index in [2.05, 4.69) is 9.80 Å². The van der Waals surface area contributed by atoms with Crippen LogP contribution in [0, 0.1) is 0 Å². The summed E-state index contributed by atoms with van der Waals surface area (Å²) in [7, 11) is 0. The fourth-order valence-corrected chi connectivity index (χ4v) is 2.82. The van der Waals surface area contributed by atoms with Gasteiger partial charge in [0.15, 0.2) is 0 Å². The van der Waals surface area contributed by atoms with Crippen LogP contribution < -0.4 is 4.90 Å². The maximum Gasteiger partial charge on any atom is 0.323 e. The Kier molecular flexibility index (Phi) is 3.29. The van der Waals surface area contributed by atoms with E-state index >= 15 is 0 Å². The van der Waals surface area contributed by atoms with Gasteiger partial charge in [0.2, 0.25) is 0 Å². The molecule has 3 rings (SSSR count). The first-order chi connectivity index (χ1) is 9.25. The first-order valence-corrected chi connectivity index (χ1v) is 6.69. The van der Waals surface area contributed by atoms with E-state index < -0.39 is 0 Å². The second-order valence-electron chi connectivity index (χ2n) is 4.98. The average molecular weight is 262 g/mol. The van der Waals surface area contributed by atoms with Gasteiger partial charge in [-0.1, -0.05) is 12.1 Å². The highest BCUT2D eigenvalue weighted by molar-refractivity contribution is 5.77. The van der Waals surface area contributed by atoms with Crippen LogP contribution in [0.5, 0.6) is 5.75 Å².